The number of nitrogens with one attached hydrogen (secondary N) is 3. The van der Waals surface area contributed by atoms with E-state index in [4.69, 9.17) is 21.1 Å². The van der Waals surface area contributed by atoms with Gasteiger partial charge in [0.2, 0.25) is 11.8 Å². The lowest BCUT2D eigenvalue weighted by molar-refractivity contribution is -0.145. The third-order valence-electron chi connectivity index (χ3n) is 4.99. The Labute approximate surface area is 231 Å². The Bertz CT molecular complexity index is 1090. The SMILES string of the molecule is COC(=O)[C@H](Cc1ccccc1)NC(=O)[C@H](CC(=O)NCCSc1c(Cl)ncn1C)NC(=O)OC(C)(C)C. The predicted octanol–water partition coefficient (Wildman–Crippen LogP) is 2.47. The van der Waals surface area contributed by atoms with Crippen LogP contribution in [0.2, 0.25) is 5.15 Å². The van der Waals surface area contributed by atoms with Crippen molar-refractivity contribution in [3.8, 4) is 0 Å². The highest BCUT2D eigenvalue weighted by molar-refractivity contribution is 7.99. The maximum absolute atomic E-state index is 13.2. The number of benzene rings is 1. The van der Waals surface area contributed by atoms with E-state index in [0.29, 0.717) is 10.9 Å². The summed E-state index contributed by atoms with van der Waals surface area (Å²) in [5, 5.41) is 8.89. The minimum atomic E-state index is -1.30. The number of ether oxygens (including phenoxy) is 2. The molecule has 1 aromatic carbocycles. The summed E-state index contributed by atoms with van der Waals surface area (Å²) in [5.74, 6) is -1.36. The summed E-state index contributed by atoms with van der Waals surface area (Å²) in [7, 11) is 3.03. The number of esters is 1. The molecule has 208 valence electrons. The van der Waals surface area contributed by atoms with Crippen molar-refractivity contribution < 1.29 is 28.7 Å². The first-order valence-corrected chi connectivity index (χ1v) is 13.2. The number of thioether (sulfide) groups is 1. The van der Waals surface area contributed by atoms with E-state index in [1.807, 2.05) is 37.4 Å². The molecule has 13 heteroatoms. The lowest BCUT2D eigenvalue weighted by Gasteiger charge is -2.24. The van der Waals surface area contributed by atoms with Gasteiger partial charge in [0.15, 0.2) is 5.15 Å². The van der Waals surface area contributed by atoms with E-state index >= 15 is 0 Å². The van der Waals surface area contributed by atoms with E-state index in [-0.39, 0.29) is 19.4 Å². The highest BCUT2D eigenvalue weighted by Gasteiger charge is 2.30. The minimum absolute atomic E-state index is 0.165. The van der Waals surface area contributed by atoms with Crippen molar-refractivity contribution in [2.75, 3.05) is 19.4 Å². The number of rotatable bonds is 12. The maximum atomic E-state index is 13.2. The summed E-state index contributed by atoms with van der Waals surface area (Å²) >= 11 is 7.45. The summed E-state index contributed by atoms with van der Waals surface area (Å²) in [6.07, 6.45) is 0.512. The largest absolute Gasteiger partial charge is 0.467 e. The molecule has 2 rings (SSSR count). The Hall–Kier alpha value is -3.25. The van der Waals surface area contributed by atoms with Crippen molar-refractivity contribution in [3.63, 3.8) is 0 Å². The van der Waals surface area contributed by atoms with Gasteiger partial charge in [0, 0.05) is 25.8 Å². The molecule has 0 aliphatic carbocycles. The number of aryl methyl sites for hydroxylation is 1. The molecule has 3 amide bonds. The third-order valence-corrected chi connectivity index (χ3v) is 6.54. The highest BCUT2D eigenvalue weighted by atomic mass is 35.5. The molecule has 0 aliphatic rings. The van der Waals surface area contributed by atoms with Crippen molar-refractivity contribution in [2.45, 2.75) is 56.3 Å². The van der Waals surface area contributed by atoms with Crippen LogP contribution in [-0.2, 0) is 37.3 Å². The topological polar surface area (TPSA) is 141 Å². The molecule has 38 heavy (non-hydrogen) atoms. The van der Waals surface area contributed by atoms with E-state index in [1.54, 1.807) is 31.7 Å². The van der Waals surface area contributed by atoms with Crippen molar-refractivity contribution in [3.05, 3.63) is 47.4 Å². The number of hydrogen-bond donors (Lipinski definition) is 3. The van der Waals surface area contributed by atoms with Crippen molar-refractivity contribution >= 4 is 47.2 Å². The van der Waals surface area contributed by atoms with Crippen LogP contribution >= 0.6 is 23.4 Å². The van der Waals surface area contributed by atoms with Crippen LogP contribution in [0.1, 0.15) is 32.8 Å². The van der Waals surface area contributed by atoms with Gasteiger partial charge in [-0.2, -0.15) is 0 Å². The smallest absolute Gasteiger partial charge is 0.408 e. The molecule has 3 N–H and O–H groups in total. The predicted molar refractivity (Wildman–Crippen MR) is 144 cm³/mol. The first kappa shape index (κ1) is 31.0. The average molecular weight is 568 g/mol. The molecule has 0 saturated carbocycles. The molecular weight excluding hydrogens is 534 g/mol. The minimum Gasteiger partial charge on any atom is -0.467 e. The van der Waals surface area contributed by atoms with Crippen LogP contribution in [0.15, 0.2) is 41.7 Å². The number of carbonyl (C=O) groups is 4. The van der Waals surface area contributed by atoms with Crippen LogP contribution in [0, 0.1) is 0 Å². The molecule has 0 radical (unpaired) electrons. The van der Waals surface area contributed by atoms with Crippen LogP contribution in [0.4, 0.5) is 4.79 Å². The summed E-state index contributed by atoms with van der Waals surface area (Å²) in [4.78, 5) is 54.6. The fraction of sp³-hybridized carbons (Fsp3) is 0.480. The number of nitrogens with zero attached hydrogens (tertiary/aromatic N) is 2. The number of methoxy groups -OCH3 is 1. The van der Waals surface area contributed by atoms with Gasteiger partial charge in [0.25, 0.3) is 0 Å². The zero-order chi connectivity index (χ0) is 28.3. The van der Waals surface area contributed by atoms with Crippen LogP contribution in [-0.4, -0.2) is 70.5 Å². The van der Waals surface area contributed by atoms with Gasteiger partial charge in [-0.1, -0.05) is 41.9 Å². The summed E-state index contributed by atoms with van der Waals surface area (Å²) in [6, 6.07) is 6.74. The van der Waals surface area contributed by atoms with E-state index in [0.717, 1.165) is 10.6 Å². The monoisotopic (exact) mass is 567 g/mol. The second-order valence-corrected chi connectivity index (χ2v) is 10.8. The zero-order valence-electron chi connectivity index (χ0n) is 22.1. The standard InChI is InChI=1S/C25H34ClN5O6S/c1-25(2,3)37-24(35)30-17(14-19(32)27-11-12-38-22-20(26)28-15-31(22)4)21(33)29-18(23(34)36-5)13-16-9-7-6-8-10-16/h6-10,15,17-18H,11-14H2,1-5H3,(H,27,32)(H,29,33)(H,30,35)/t17-,18-/m0/s1. The number of amides is 3. The Morgan fingerprint density at radius 2 is 1.79 bits per heavy atom. The molecule has 0 aliphatic heterocycles. The van der Waals surface area contributed by atoms with Crippen molar-refractivity contribution in [2.24, 2.45) is 7.05 Å². The summed E-state index contributed by atoms with van der Waals surface area (Å²) < 4.78 is 11.9. The zero-order valence-corrected chi connectivity index (χ0v) is 23.6. The number of halogens is 1. The van der Waals surface area contributed by atoms with Gasteiger partial charge in [-0.05, 0) is 26.3 Å². The molecule has 2 aromatic rings. The Balaban J connectivity index is 2.05. The summed E-state index contributed by atoms with van der Waals surface area (Å²) in [5.41, 5.74) is -0.0249. The fourth-order valence-corrected chi connectivity index (χ4v) is 4.42. The lowest BCUT2D eigenvalue weighted by Crippen LogP contribution is -2.54. The molecule has 0 spiro atoms. The number of hydrogen-bond acceptors (Lipinski definition) is 8. The van der Waals surface area contributed by atoms with Crippen LogP contribution in [0.5, 0.6) is 0 Å². The van der Waals surface area contributed by atoms with Crippen molar-refractivity contribution in [1.82, 2.24) is 25.5 Å². The molecule has 0 bridgehead atoms. The second-order valence-electron chi connectivity index (χ2n) is 9.33. The third kappa shape index (κ3) is 10.6. The van der Waals surface area contributed by atoms with Gasteiger partial charge in [-0.25, -0.2) is 14.6 Å². The van der Waals surface area contributed by atoms with Gasteiger partial charge in [0.05, 0.1) is 19.9 Å². The highest BCUT2D eigenvalue weighted by Crippen LogP contribution is 2.24. The molecule has 0 saturated heterocycles. The van der Waals surface area contributed by atoms with Crippen LogP contribution in [0.25, 0.3) is 0 Å². The maximum Gasteiger partial charge on any atom is 0.408 e. The average Bonchev–Trinajstić information content (AvgIpc) is 3.16. The number of aromatic nitrogens is 2. The molecule has 1 aromatic heterocycles. The van der Waals surface area contributed by atoms with Gasteiger partial charge < -0.3 is 30.0 Å². The van der Waals surface area contributed by atoms with Crippen molar-refractivity contribution in [1.29, 1.82) is 0 Å². The Morgan fingerprint density at radius 3 is 2.37 bits per heavy atom. The molecule has 0 fully saturated rings. The second kappa shape index (κ2) is 14.6. The molecular formula is C25H34ClN5O6S. The van der Waals surface area contributed by atoms with Gasteiger partial charge in [-0.15, -0.1) is 11.8 Å². The lowest BCUT2D eigenvalue weighted by atomic mass is 10.0. The number of imidazole rings is 1. The van der Waals surface area contributed by atoms with Crippen LogP contribution in [0.3, 0.4) is 0 Å². The van der Waals surface area contributed by atoms with E-state index in [9.17, 15) is 19.2 Å². The van der Waals surface area contributed by atoms with Gasteiger partial charge in [0.1, 0.15) is 22.7 Å². The fourth-order valence-electron chi connectivity index (χ4n) is 3.26. The normalized spacial score (nSPS) is 12.7. The molecule has 1 heterocycles. The van der Waals surface area contributed by atoms with Gasteiger partial charge in [-0.3, -0.25) is 9.59 Å². The Kier molecular flexibility index (Phi) is 11.9. The van der Waals surface area contributed by atoms with E-state index < -0.39 is 41.6 Å². The van der Waals surface area contributed by atoms with Gasteiger partial charge >= 0.3 is 12.1 Å². The van der Waals surface area contributed by atoms with E-state index in [1.165, 1.54) is 18.9 Å². The molecule has 0 unspecified atom stereocenters. The molecule has 2 atom stereocenters. The first-order chi connectivity index (χ1) is 17.9. The van der Waals surface area contributed by atoms with Crippen LogP contribution < -0.4 is 16.0 Å². The number of carbonyl (C=O) groups excluding carboxylic acids is 4. The van der Waals surface area contributed by atoms with E-state index in [2.05, 4.69) is 20.9 Å². The Morgan fingerprint density at radius 1 is 1.11 bits per heavy atom. The quantitative estimate of drug-likeness (QED) is 0.202. The molecule has 11 nitrogen and oxygen atoms in total. The number of alkyl carbamates (subject to hydrolysis) is 1. The summed E-state index contributed by atoms with van der Waals surface area (Å²) in [6.45, 7) is 5.31. The first-order valence-electron chi connectivity index (χ1n) is 11.9.